The van der Waals surface area contributed by atoms with Gasteiger partial charge in [0.05, 0.1) is 0 Å². The molecule has 0 aliphatic heterocycles. The molecule has 22 heavy (non-hydrogen) atoms. The molecule has 1 N–H and O–H groups in total. The first-order valence-corrected chi connectivity index (χ1v) is 8.16. The van der Waals surface area contributed by atoms with Gasteiger partial charge in [-0.05, 0) is 36.5 Å². The summed E-state index contributed by atoms with van der Waals surface area (Å²) in [5, 5.41) is 12.0. The molecule has 0 bridgehead atoms. The maximum absolute atomic E-state index is 11.9. The van der Waals surface area contributed by atoms with Crippen LogP contribution < -0.4 is 10.1 Å². The van der Waals surface area contributed by atoms with Crippen LogP contribution in [-0.2, 0) is 11.2 Å². The number of nitrogens with one attached hydrogen (secondary N) is 1. The number of ether oxygens (including phenoxy) is 1. The minimum Gasteiger partial charge on any atom is -0.483 e. The molecule has 0 unspecified atom stereocenters. The number of rotatable bonds is 6. The van der Waals surface area contributed by atoms with Crippen molar-refractivity contribution in [1.29, 1.82) is 0 Å². The van der Waals surface area contributed by atoms with Crippen LogP contribution in [0.2, 0.25) is 0 Å². The maximum atomic E-state index is 11.9. The Balaban J connectivity index is 1.94. The number of nitrogens with zero attached hydrogens (tertiary/aromatic N) is 2. The molecule has 2 rings (SSSR count). The van der Waals surface area contributed by atoms with E-state index in [9.17, 15) is 4.79 Å². The zero-order chi connectivity index (χ0) is 16.1. The first-order valence-electron chi connectivity index (χ1n) is 7.35. The van der Waals surface area contributed by atoms with E-state index in [4.69, 9.17) is 4.74 Å². The summed E-state index contributed by atoms with van der Waals surface area (Å²) in [6.45, 7) is 8.18. The molecule has 0 aliphatic carbocycles. The molecular weight excluding hydrogens is 298 g/mol. The Hall–Kier alpha value is -1.95. The van der Waals surface area contributed by atoms with Gasteiger partial charge in [-0.1, -0.05) is 44.2 Å². The third-order valence-corrected chi connectivity index (χ3v) is 4.24. The molecule has 118 valence electrons. The lowest BCUT2D eigenvalue weighted by Gasteiger charge is -2.12. The molecule has 6 heteroatoms. The van der Waals surface area contributed by atoms with Crippen molar-refractivity contribution in [2.45, 2.75) is 40.0 Å². The highest BCUT2D eigenvalue weighted by Gasteiger charge is 2.10. The molecule has 1 heterocycles. The fraction of sp³-hybridized carbons (Fsp3) is 0.438. The minimum atomic E-state index is -0.229. The molecule has 0 fully saturated rings. The second-order valence-corrected chi connectivity index (χ2v) is 6.43. The van der Waals surface area contributed by atoms with Crippen LogP contribution in [0.25, 0.3) is 0 Å². The number of amides is 1. The summed E-state index contributed by atoms with van der Waals surface area (Å²) in [4.78, 5) is 11.9. The summed E-state index contributed by atoms with van der Waals surface area (Å²) in [6.07, 6.45) is 0.811. The highest BCUT2D eigenvalue weighted by Crippen LogP contribution is 2.24. The monoisotopic (exact) mass is 319 g/mol. The summed E-state index contributed by atoms with van der Waals surface area (Å²) >= 11 is 1.38. The zero-order valence-corrected chi connectivity index (χ0v) is 14.2. The number of aromatic nitrogens is 2. The summed E-state index contributed by atoms with van der Waals surface area (Å²) in [5.41, 5.74) is 2.21. The van der Waals surface area contributed by atoms with Crippen LogP contribution in [0.3, 0.4) is 0 Å². The van der Waals surface area contributed by atoms with E-state index in [0.29, 0.717) is 11.0 Å². The highest BCUT2D eigenvalue weighted by atomic mass is 32.1. The second-order valence-electron chi connectivity index (χ2n) is 5.37. The van der Waals surface area contributed by atoms with E-state index in [1.165, 1.54) is 16.9 Å². The number of hydrogen-bond donors (Lipinski definition) is 1. The minimum absolute atomic E-state index is 0.0383. The lowest BCUT2D eigenvalue weighted by atomic mass is 10.0. The van der Waals surface area contributed by atoms with Crippen LogP contribution >= 0.6 is 11.3 Å². The zero-order valence-electron chi connectivity index (χ0n) is 13.3. The fourth-order valence-corrected chi connectivity index (χ4v) is 2.57. The van der Waals surface area contributed by atoms with Crippen LogP contribution in [-0.4, -0.2) is 22.7 Å². The number of aryl methyl sites for hydroxylation is 2. The van der Waals surface area contributed by atoms with Gasteiger partial charge in [0.2, 0.25) is 5.13 Å². The van der Waals surface area contributed by atoms with Gasteiger partial charge in [-0.3, -0.25) is 10.1 Å². The molecule has 0 spiro atoms. The third kappa shape index (κ3) is 4.27. The lowest BCUT2D eigenvalue weighted by molar-refractivity contribution is -0.118. The summed E-state index contributed by atoms with van der Waals surface area (Å²) in [6, 6.07) is 6.09. The van der Waals surface area contributed by atoms with Crippen molar-refractivity contribution >= 4 is 22.4 Å². The van der Waals surface area contributed by atoms with E-state index in [-0.39, 0.29) is 12.5 Å². The van der Waals surface area contributed by atoms with Gasteiger partial charge in [-0.15, -0.1) is 10.2 Å². The topological polar surface area (TPSA) is 64.1 Å². The first kappa shape index (κ1) is 16.4. The standard InChI is InChI=1S/C16H21N3O2S/c1-5-15-18-19-16(22-15)17-14(20)9-21-13-8-12(10(2)3)7-6-11(13)4/h6-8,10H,5,9H2,1-4H3,(H,17,19,20). The van der Waals surface area contributed by atoms with Gasteiger partial charge in [0, 0.05) is 0 Å². The van der Waals surface area contributed by atoms with Crippen molar-refractivity contribution in [3.05, 3.63) is 34.3 Å². The summed E-state index contributed by atoms with van der Waals surface area (Å²) < 4.78 is 5.64. The van der Waals surface area contributed by atoms with Crippen molar-refractivity contribution in [2.24, 2.45) is 0 Å². The highest BCUT2D eigenvalue weighted by molar-refractivity contribution is 7.15. The Bertz CT molecular complexity index is 653. The molecule has 2 aromatic rings. The average molecular weight is 319 g/mol. The maximum Gasteiger partial charge on any atom is 0.264 e. The Morgan fingerprint density at radius 1 is 1.36 bits per heavy atom. The summed E-state index contributed by atoms with van der Waals surface area (Å²) in [5.74, 6) is 0.937. The van der Waals surface area contributed by atoms with E-state index in [1.807, 2.05) is 26.0 Å². The van der Waals surface area contributed by atoms with Gasteiger partial charge < -0.3 is 4.74 Å². The third-order valence-electron chi connectivity index (χ3n) is 3.25. The lowest BCUT2D eigenvalue weighted by Crippen LogP contribution is -2.20. The van der Waals surface area contributed by atoms with Crippen LogP contribution in [0.1, 0.15) is 42.8 Å². The van der Waals surface area contributed by atoms with Gasteiger partial charge in [0.15, 0.2) is 6.61 Å². The van der Waals surface area contributed by atoms with Crippen LogP contribution in [0, 0.1) is 6.92 Å². The first-order chi connectivity index (χ1) is 10.5. The van der Waals surface area contributed by atoms with Gasteiger partial charge in [-0.25, -0.2) is 0 Å². The SMILES string of the molecule is CCc1nnc(NC(=O)COc2cc(C(C)C)ccc2C)s1. The van der Waals surface area contributed by atoms with Crippen LogP contribution in [0.4, 0.5) is 5.13 Å². The second kappa shape index (κ2) is 7.35. The quantitative estimate of drug-likeness (QED) is 0.884. The number of anilines is 1. The number of carbonyl (C=O) groups is 1. The Morgan fingerprint density at radius 2 is 2.14 bits per heavy atom. The summed E-state index contributed by atoms with van der Waals surface area (Å²) in [7, 11) is 0. The molecule has 0 aliphatic rings. The average Bonchev–Trinajstić information content (AvgIpc) is 2.93. The van der Waals surface area contributed by atoms with Gasteiger partial charge in [0.1, 0.15) is 10.8 Å². The van der Waals surface area contributed by atoms with E-state index >= 15 is 0 Å². The molecule has 0 radical (unpaired) electrons. The van der Waals surface area contributed by atoms with Crippen molar-refractivity contribution in [1.82, 2.24) is 10.2 Å². The van der Waals surface area contributed by atoms with Gasteiger partial charge in [-0.2, -0.15) is 0 Å². The molecule has 5 nitrogen and oxygen atoms in total. The molecular formula is C16H21N3O2S. The molecule has 1 aromatic heterocycles. The molecule has 0 saturated carbocycles. The largest absolute Gasteiger partial charge is 0.483 e. The molecule has 0 atom stereocenters. The van der Waals surface area contributed by atoms with Gasteiger partial charge >= 0.3 is 0 Å². The molecule has 1 aromatic carbocycles. The molecule has 0 saturated heterocycles. The fourth-order valence-electron chi connectivity index (χ4n) is 1.88. The predicted molar refractivity (Wildman–Crippen MR) is 88.7 cm³/mol. The predicted octanol–water partition coefficient (Wildman–Crippen LogP) is 3.55. The van der Waals surface area contributed by atoms with E-state index in [1.54, 1.807) is 0 Å². The normalized spacial score (nSPS) is 10.8. The van der Waals surface area contributed by atoms with E-state index in [2.05, 4.69) is 35.4 Å². The van der Waals surface area contributed by atoms with E-state index in [0.717, 1.165) is 22.7 Å². The Labute approximate surface area is 134 Å². The van der Waals surface area contributed by atoms with Crippen molar-refractivity contribution < 1.29 is 9.53 Å². The Morgan fingerprint density at radius 3 is 2.77 bits per heavy atom. The van der Waals surface area contributed by atoms with Crippen LogP contribution in [0.15, 0.2) is 18.2 Å². The van der Waals surface area contributed by atoms with Crippen molar-refractivity contribution in [3.8, 4) is 5.75 Å². The smallest absolute Gasteiger partial charge is 0.264 e. The van der Waals surface area contributed by atoms with Gasteiger partial charge in [0.25, 0.3) is 5.91 Å². The van der Waals surface area contributed by atoms with Crippen molar-refractivity contribution in [3.63, 3.8) is 0 Å². The number of hydrogen-bond acceptors (Lipinski definition) is 5. The Kier molecular flexibility index (Phi) is 5.49. The van der Waals surface area contributed by atoms with E-state index < -0.39 is 0 Å². The number of benzene rings is 1. The van der Waals surface area contributed by atoms with Crippen molar-refractivity contribution in [2.75, 3.05) is 11.9 Å². The molecule has 1 amide bonds. The van der Waals surface area contributed by atoms with Crippen LogP contribution in [0.5, 0.6) is 5.75 Å². The number of carbonyl (C=O) groups excluding carboxylic acids is 1.